The average Bonchev–Trinajstić information content (AvgIpc) is 2.57. The van der Waals surface area contributed by atoms with E-state index in [-0.39, 0.29) is 0 Å². The minimum Gasteiger partial charge on any atom is -0.508 e. The van der Waals surface area contributed by atoms with E-state index < -0.39 is 0 Å². The second kappa shape index (κ2) is 8.54. The smallest absolute Gasteiger partial charge is 0.115 e. The van der Waals surface area contributed by atoms with Crippen molar-refractivity contribution < 1.29 is 5.11 Å². The predicted molar refractivity (Wildman–Crippen MR) is 99.6 cm³/mol. The van der Waals surface area contributed by atoms with Crippen molar-refractivity contribution in [2.24, 2.45) is 11.3 Å². The van der Waals surface area contributed by atoms with Crippen LogP contribution < -0.4 is 5.32 Å². The van der Waals surface area contributed by atoms with Crippen LogP contribution in [-0.2, 0) is 0 Å². The van der Waals surface area contributed by atoms with Gasteiger partial charge in [0.15, 0.2) is 0 Å². The van der Waals surface area contributed by atoms with Crippen LogP contribution in [0.25, 0.3) is 5.57 Å². The molecule has 2 N–H and O–H groups in total. The number of benzene rings is 1. The number of aromatic hydroxyl groups is 1. The molecule has 1 aliphatic heterocycles. The normalized spacial score (nSPS) is 19.5. The molecule has 1 aromatic carbocycles. The highest BCUT2D eigenvalue weighted by molar-refractivity contribution is 5.66. The molecule has 2 nitrogen and oxygen atoms in total. The maximum absolute atomic E-state index is 9.12. The number of phenolic OH excluding ortho intramolecular Hbond substituents is 1. The third-order valence-electron chi connectivity index (χ3n) is 5.13. The number of phenols is 1. The number of rotatable bonds is 1. The van der Waals surface area contributed by atoms with E-state index in [1.807, 2.05) is 12.1 Å². The molecule has 3 rings (SSSR count). The van der Waals surface area contributed by atoms with Crippen LogP contribution in [0.2, 0.25) is 0 Å². The lowest BCUT2D eigenvalue weighted by Gasteiger charge is -2.33. The highest BCUT2D eigenvalue weighted by atomic mass is 16.3. The van der Waals surface area contributed by atoms with Crippen molar-refractivity contribution in [3.63, 3.8) is 0 Å². The Hall–Kier alpha value is -1.28. The van der Waals surface area contributed by atoms with Gasteiger partial charge in [-0.25, -0.2) is 0 Å². The molecule has 1 saturated carbocycles. The van der Waals surface area contributed by atoms with E-state index in [1.165, 1.54) is 43.2 Å². The first-order valence-corrected chi connectivity index (χ1v) is 9.16. The van der Waals surface area contributed by atoms with E-state index >= 15 is 0 Å². The first-order valence-electron chi connectivity index (χ1n) is 9.16. The highest BCUT2D eigenvalue weighted by Crippen LogP contribution is 2.37. The molecule has 1 heterocycles. The Labute approximate surface area is 142 Å². The van der Waals surface area contributed by atoms with Crippen molar-refractivity contribution in [1.82, 2.24) is 5.32 Å². The molecular weight excluding hydrogens is 282 g/mol. The summed E-state index contributed by atoms with van der Waals surface area (Å²) in [4.78, 5) is 0. The van der Waals surface area contributed by atoms with Crippen LogP contribution in [0.4, 0.5) is 0 Å². The molecule has 1 fully saturated rings. The van der Waals surface area contributed by atoms with Gasteiger partial charge in [-0.2, -0.15) is 0 Å². The summed E-state index contributed by atoms with van der Waals surface area (Å²) >= 11 is 0. The van der Waals surface area contributed by atoms with Crippen molar-refractivity contribution in [2.75, 3.05) is 13.1 Å². The van der Waals surface area contributed by atoms with Crippen LogP contribution in [0.3, 0.4) is 0 Å². The number of hydrogen-bond donors (Lipinski definition) is 2. The van der Waals surface area contributed by atoms with Gasteiger partial charge in [-0.1, -0.05) is 58.2 Å². The Morgan fingerprint density at radius 2 is 1.65 bits per heavy atom. The molecule has 1 aliphatic carbocycles. The summed E-state index contributed by atoms with van der Waals surface area (Å²) in [6.07, 6.45) is 10.7. The Bertz CT molecular complexity index is 490. The topological polar surface area (TPSA) is 32.3 Å². The first kappa shape index (κ1) is 18.1. The van der Waals surface area contributed by atoms with Crippen LogP contribution in [0, 0.1) is 11.3 Å². The van der Waals surface area contributed by atoms with Crippen molar-refractivity contribution in [3.8, 4) is 5.75 Å². The molecule has 0 aromatic heterocycles. The van der Waals surface area contributed by atoms with Gasteiger partial charge in [0.1, 0.15) is 5.75 Å². The minimum atomic E-state index is 0.332. The minimum absolute atomic E-state index is 0.332. The van der Waals surface area contributed by atoms with Crippen LogP contribution >= 0.6 is 0 Å². The summed E-state index contributed by atoms with van der Waals surface area (Å²) in [6.45, 7) is 9.14. The predicted octanol–water partition coefficient (Wildman–Crippen LogP) is 5.38. The zero-order valence-electron chi connectivity index (χ0n) is 15.1. The molecule has 0 spiro atoms. The molecule has 23 heavy (non-hydrogen) atoms. The van der Waals surface area contributed by atoms with Crippen LogP contribution in [0.5, 0.6) is 5.75 Å². The van der Waals surface area contributed by atoms with E-state index in [1.54, 1.807) is 12.1 Å². The first-order chi connectivity index (χ1) is 11.0. The molecule has 2 heteroatoms. The summed E-state index contributed by atoms with van der Waals surface area (Å²) in [5, 5.41) is 12.4. The lowest BCUT2D eigenvalue weighted by Crippen LogP contribution is -2.22. The van der Waals surface area contributed by atoms with E-state index in [0.29, 0.717) is 11.2 Å². The Morgan fingerprint density at radius 3 is 2.13 bits per heavy atom. The maximum Gasteiger partial charge on any atom is 0.115 e. The molecule has 0 atom stereocenters. The molecular formula is C21H33NO. The zero-order chi connectivity index (χ0) is 16.7. The summed E-state index contributed by atoms with van der Waals surface area (Å²) in [5.41, 5.74) is 3.17. The number of nitrogens with one attached hydrogen (secondary N) is 1. The van der Waals surface area contributed by atoms with Gasteiger partial charge >= 0.3 is 0 Å². The van der Waals surface area contributed by atoms with Crippen LogP contribution in [0.15, 0.2) is 30.3 Å². The fraction of sp³-hybridized carbons (Fsp3) is 0.619. The third-order valence-corrected chi connectivity index (χ3v) is 5.13. The van der Waals surface area contributed by atoms with E-state index in [9.17, 15) is 0 Å². The molecule has 128 valence electrons. The second-order valence-electron chi connectivity index (χ2n) is 7.93. The van der Waals surface area contributed by atoms with E-state index in [2.05, 4.69) is 32.2 Å². The SMILES string of the molecule is CC(C)(C)C1CCCCC1.Oc1ccc(C2=CCNCC2)cc1. The van der Waals surface area contributed by atoms with Crippen molar-refractivity contribution in [2.45, 2.75) is 59.3 Å². The lowest BCUT2D eigenvalue weighted by atomic mass is 9.72. The van der Waals surface area contributed by atoms with Gasteiger partial charge < -0.3 is 10.4 Å². The highest BCUT2D eigenvalue weighted by Gasteiger charge is 2.25. The van der Waals surface area contributed by atoms with Crippen molar-refractivity contribution >= 4 is 5.57 Å². The summed E-state index contributed by atoms with van der Waals surface area (Å²) in [6, 6.07) is 7.40. The Kier molecular flexibility index (Phi) is 6.71. The quantitative estimate of drug-likeness (QED) is 0.729. The lowest BCUT2D eigenvalue weighted by molar-refractivity contribution is 0.180. The Balaban J connectivity index is 0.000000174. The molecule has 0 bridgehead atoms. The fourth-order valence-electron chi connectivity index (χ4n) is 3.53. The van der Waals surface area contributed by atoms with Gasteiger partial charge in [-0.3, -0.25) is 0 Å². The van der Waals surface area contributed by atoms with Gasteiger partial charge in [0, 0.05) is 6.54 Å². The molecule has 0 radical (unpaired) electrons. The van der Waals surface area contributed by atoms with Gasteiger partial charge in [0.2, 0.25) is 0 Å². The molecule has 2 aliphatic rings. The van der Waals surface area contributed by atoms with Crippen LogP contribution in [0.1, 0.15) is 64.9 Å². The third kappa shape index (κ3) is 6.02. The van der Waals surface area contributed by atoms with Gasteiger partial charge in [-0.05, 0) is 60.4 Å². The average molecular weight is 316 g/mol. The van der Waals surface area contributed by atoms with E-state index in [4.69, 9.17) is 5.11 Å². The molecule has 0 unspecified atom stereocenters. The molecule has 0 saturated heterocycles. The zero-order valence-corrected chi connectivity index (χ0v) is 15.1. The summed E-state index contributed by atoms with van der Waals surface area (Å²) < 4.78 is 0. The second-order valence-corrected chi connectivity index (χ2v) is 7.93. The molecule has 1 aromatic rings. The largest absolute Gasteiger partial charge is 0.508 e. The van der Waals surface area contributed by atoms with E-state index in [0.717, 1.165) is 25.4 Å². The van der Waals surface area contributed by atoms with Crippen molar-refractivity contribution in [3.05, 3.63) is 35.9 Å². The monoisotopic (exact) mass is 315 g/mol. The standard InChI is InChI=1S/C11H13NO.C10H20/c13-11-3-1-9(2-4-11)10-5-7-12-8-6-10;1-10(2,3)9-7-5-4-6-8-9/h1-5,12-13H,6-8H2;9H,4-8H2,1-3H3. The summed E-state index contributed by atoms with van der Waals surface area (Å²) in [7, 11) is 0. The maximum atomic E-state index is 9.12. The number of hydrogen-bond acceptors (Lipinski definition) is 2. The van der Waals surface area contributed by atoms with Gasteiger partial charge in [0.05, 0.1) is 0 Å². The van der Waals surface area contributed by atoms with Gasteiger partial charge in [0.25, 0.3) is 0 Å². The fourth-order valence-corrected chi connectivity index (χ4v) is 3.53. The summed E-state index contributed by atoms with van der Waals surface area (Å²) in [5.74, 6) is 1.33. The van der Waals surface area contributed by atoms with Crippen molar-refractivity contribution in [1.29, 1.82) is 0 Å². The molecule has 0 amide bonds. The Morgan fingerprint density at radius 1 is 1.00 bits per heavy atom. The van der Waals surface area contributed by atoms with Crippen LogP contribution in [-0.4, -0.2) is 18.2 Å². The van der Waals surface area contributed by atoms with Gasteiger partial charge in [-0.15, -0.1) is 0 Å².